The van der Waals surface area contributed by atoms with Gasteiger partial charge in [0.05, 0.1) is 22.6 Å². The predicted molar refractivity (Wildman–Crippen MR) is 117 cm³/mol. The molecule has 0 amide bonds. The molecule has 0 atom stereocenters. The summed E-state index contributed by atoms with van der Waals surface area (Å²) in [5.41, 5.74) is 0.459. The van der Waals surface area contributed by atoms with Crippen molar-refractivity contribution in [2.24, 2.45) is 0 Å². The minimum atomic E-state index is -3.98. The van der Waals surface area contributed by atoms with E-state index in [1.807, 2.05) is 0 Å². The van der Waals surface area contributed by atoms with Gasteiger partial charge in [0.2, 0.25) is 0 Å². The van der Waals surface area contributed by atoms with Crippen molar-refractivity contribution in [3.05, 3.63) is 77.8 Å². The summed E-state index contributed by atoms with van der Waals surface area (Å²) in [6, 6.07) is 18.0. The van der Waals surface area contributed by atoms with Crippen molar-refractivity contribution in [1.82, 2.24) is 0 Å². The highest BCUT2D eigenvalue weighted by atomic mass is 35.5. The number of methoxy groups -OCH3 is 1. The summed E-state index contributed by atoms with van der Waals surface area (Å²) < 4.78 is 60.3. The second-order valence-electron chi connectivity index (χ2n) is 6.23. The van der Waals surface area contributed by atoms with Crippen molar-refractivity contribution in [1.29, 1.82) is 0 Å². The smallest absolute Gasteiger partial charge is 0.264 e. The Morgan fingerprint density at radius 3 is 2.07 bits per heavy atom. The Labute approximate surface area is 181 Å². The third kappa shape index (κ3) is 4.53. The molecule has 0 fully saturated rings. The lowest BCUT2D eigenvalue weighted by Crippen LogP contribution is -2.27. The lowest BCUT2D eigenvalue weighted by atomic mass is 10.3. The summed E-state index contributed by atoms with van der Waals surface area (Å²) >= 11 is 5.84. The first-order valence-corrected chi connectivity index (χ1v) is 12.0. The van der Waals surface area contributed by atoms with Crippen LogP contribution >= 0.6 is 11.6 Å². The molecule has 0 radical (unpaired) electrons. The van der Waals surface area contributed by atoms with E-state index in [1.54, 1.807) is 30.3 Å². The van der Waals surface area contributed by atoms with Gasteiger partial charge in [-0.25, -0.2) is 16.8 Å². The zero-order valence-corrected chi connectivity index (χ0v) is 18.5. The highest BCUT2D eigenvalue weighted by molar-refractivity contribution is 7.93. The Morgan fingerprint density at radius 2 is 1.47 bits per heavy atom. The number of hydrogen-bond donors (Lipinski definition) is 1. The van der Waals surface area contributed by atoms with E-state index >= 15 is 0 Å². The van der Waals surface area contributed by atoms with Crippen LogP contribution in [0, 0.1) is 0 Å². The molecule has 158 valence electrons. The maximum absolute atomic E-state index is 13.0. The van der Waals surface area contributed by atoms with Gasteiger partial charge in [0.1, 0.15) is 5.75 Å². The Hall–Kier alpha value is -2.75. The Morgan fingerprint density at radius 1 is 0.867 bits per heavy atom. The van der Waals surface area contributed by atoms with Crippen LogP contribution in [0.2, 0.25) is 5.02 Å². The quantitative estimate of drug-likeness (QED) is 0.568. The Balaban J connectivity index is 2.03. The Kier molecular flexibility index (Phi) is 6.25. The second-order valence-corrected chi connectivity index (χ2v) is 10.3. The predicted octanol–water partition coefficient (Wildman–Crippen LogP) is 3.97. The van der Waals surface area contributed by atoms with E-state index in [-0.39, 0.29) is 21.2 Å². The molecule has 3 aromatic rings. The van der Waals surface area contributed by atoms with Gasteiger partial charge in [-0.2, -0.15) is 0 Å². The lowest BCUT2D eigenvalue weighted by Gasteiger charge is -2.22. The first-order valence-electron chi connectivity index (χ1n) is 8.65. The van der Waals surface area contributed by atoms with E-state index in [0.717, 1.165) is 4.31 Å². The van der Waals surface area contributed by atoms with E-state index in [0.29, 0.717) is 10.7 Å². The molecule has 0 saturated carbocycles. The number of sulfonamides is 2. The van der Waals surface area contributed by atoms with Gasteiger partial charge in [-0.15, -0.1) is 0 Å². The monoisotopic (exact) mass is 466 g/mol. The van der Waals surface area contributed by atoms with Crippen LogP contribution in [0.3, 0.4) is 0 Å². The van der Waals surface area contributed by atoms with E-state index in [4.69, 9.17) is 16.3 Å². The third-order valence-corrected chi connectivity index (χ3v) is 7.71. The molecule has 30 heavy (non-hydrogen) atoms. The highest BCUT2D eigenvalue weighted by Gasteiger charge is 2.26. The summed E-state index contributed by atoms with van der Waals surface area (Å²) in [6.45, 7) is 0. The lowest BCUT2D eigenvalue weighted by molar-refractivity contribution is 0.415. The molecule has 0 aliphatic heterocycles. The zero-order valence-electron chi connectivity index (χ0n) is 16.1. The molecule has 1 N–H and O–H groups in total. The van der Waals surface area contributed by atoms with Crippen LogP contribution in [-0.4, -0.2) is 31.0 Å². The van der Waals surface area contributed by atoms with Crippen molar-refractivity contribution in [3.8, 4) is 5.75 Å². The second kappa shape index (κ2) is 8.55. The molecule has 3 rings (SSSR count). The summed E-state index contributed by atoms with van der Waals surface area (Å²) in [5, 5.41) is 0.397. The van der Waals surface area contributed by atoms with Crippen molar-refractivity contribution >= 4 is 43.0 Å². The molecule has 10 heteroatoms. The number of benzene rings is 3. The third-order valence-electron chi connectivity index (χ3n) is 4.30. The zero-order chi connectivity index (χ0) is 21.9. The van der Waals surface area contributed by atoms with E-state index in [2.05, 4.69) is 4.72 Å². The van der Waals surface area contributed by atoms with Gasteiger partial charge >= 0.3 is 0 Å². The number of para-hydroxylation sites is 1. The fourth-order valence-corrected chi connectivity index (χ4v) is 5.10. The van der Waals surface area contributed by atoms with Gasteiger partial charge in [0.15, 0.2) is 0 Å². The SMILES string of the molecule is COc1ccc(S(=O)(=O)Nc2ccccc2)cc1N(C)S(=O)(=O)c1ccc(Cl)cc1. The van der Waals surface area contributed by atoms with Gasteiger partial charge in [0, 0.05) is 17.8 Å². The molecule has 0 aliphatic rings. The molecule has 0 unspecified atom stereocenters. The molecular formula is C20H19ClN2O5S2. The minimum Gasteiger partial charge on any atom is -0.495 e. The molecular weight excluding hydrogens is 448 g/mol. The number of halogens is 1. The topological polar surface area (TPSA) is 92.8 Å². The molecule has 0 bridgehead atoms. The number of rotatable bonds is 7. The van der Waals surface area contributed by atoms with Gasteiger partial charge in [0.25, 0.3) is 20.0 Å². The first-order chi connectivity index (χ1) is 14.1. The molecule has 0 saturated heterocycles. The molecule has 7 nitrogen and oxygen atoms in total. The number of anilines is 2. The van der Waals surface area contributed by atoms with E-state index in [1.165, 1.54) is 56.6 Å². The van der Waals surface area contributed by atoms with E-state index in [9.17, 15) is 16.8 Å². The fourth-order valence-electron chi connectivity index (χ4n) is 2.70. The standard InChI is InChI=1S/C20H19ClN2O5S2/c1-23(30(26,27)17-10-8-15(21)9-11-17)19-14-18(12-13-20(19)28-2)29(24,25)22-16-6-4-3-5-7-16/h3-14,22H,1-2H3. The normalized spacial score (nSPS) is 11.7. The molecule has 3 aromatic carbocycles. The highest BCUT2D eigenvalue weighted by Crippen LogP contribution is 2.34. The number of hydrogen-bond acceptors (Lipinski definition) is 5. The average Bonchev–Trinajstić information content (AvgIpc) is 2.73. The van der Waals surface area contributed by atoms with Crippen LogP contribution in [0.4, 0.5) is 11.4 Å². The van der Waals surface area contributed by atoms with Gasteiger partial charge < -0.3 is 4.74 Å². The Bertz CT molecular complexity index is 1250. The summed E-state index contributed by atoms with van der Waals surface area (Å²) in [6.07, 6.45) is 0. The van der Waals surface area contributed by atoms with Crippen LogP contribution in [0.5, 0.6) is 5.75 Å². The van der Waals surface area contributed by atoms with Gasteiger partial charge in [-0.05, 0) is 54.6 Å². The van der Waals surface area contributed by atoms with Gasteiger partial charge in [-0.3, -0.25) is 9.03 Å². The van der Waals surface area contributed by atoms with Crippen LogP contribution in [-0.2, 0) is 20.0 Å². The van der Waals surface area contributed by atoms with Crippen LogP contribution < -0.4 is 13.8 Å². The van der Waals surface area contributed by atoms with Crippen molar-refractivity contribution in [3.63, 3.8) is 0 Å². The molecule has 0 aromatic heterocycles. The van der Waals surface area contributed by atoms with Crippen molar-refractivity contribution in [2.45, 2.75) is 9.79 Å². The van der Waals surface area contributed by atoms with Crippen LogP contribution in [0.25, 0.3) is 0 Å². The van der Waals surface area contributed by atoms with E-state index < -0.39 is 20.0 Å². The van der Waals surface area contributed by atoms with Gasteiger partial charge in [-0.1, -0.05) is 29.8 Å². The largest absolute Gasteiger partial charge is 0.495 e. The summed E-state index contributed by atoms with van der Waals surface area (Å²) in [4.78, 5) is -0.104. The maximum Gasteiger partial charge on any atom is 0.264 e. The van der Waals surface area contributed by atoms with Crippen molar-refractivity contribution in [2.75, 3.05) is 23.2 Å². The molecule has 0 heterocycles. The molecule has 0 aliphatic carbocycles. The average molecular weight is 467 g/mol. The van der Waals surface area contributed by atoms with Crippen LogP contribution in [0.1, 0.15) is 0 Å². The number of ether oxygens (including phenoxy) is 1. The minimum absolute atomic E-state index is 0.00660. The fraction of sp³-hybridized carbons (Fsp3) is 0.100. The summed E-state index contributed by atoms with van der Waals surface area (Å²) in [5.74, 6) is 0.202. The summed E-state index contributed by atoms with van der Waals surface area (Å²) in [7, 11) is -5.24. The maximum atomic E-state index is 13.0. The number of nitrogens with zero attached hydrogens (tertiary/aromatic N) is 1. The molecule has 0 spiro atoms. The van der Waals surface area contributed by atoms with Crippen molar-refractivity contribution < 1.29 is 21.6 Å². The van der Waals surface area contributed by atoms with Crippen LogP contribution in [0.15, 0.2) is 82.6 Å². The first kappa shape index (κ1) is 21.9. The number of nitrogens with one attached hydrogen (secondary N) is 1.